The van der Waals surface area contributed by atoms with Crippen LogP contribution in [-0.4, -0.2) is 36.7 Å². The maximum absolute atomic E-state index is 15.1. The molecule has 2 aliphatic carbocycles. The molecule has 186 valence electrons. The zero-order valence-electron chi connectivity index (χ0n) is 20.7. The lowest BCUT2D eigenvalue weighted by molar-refractivity contribution is -0.126. The van der Waals surface area contributed by atoms with Crippen LogP contribution >= 0.6 is 0 Å². The van der Waals surface area contributed by atoms with Crippen molar-refractivity contribution in [3.63, 3.8) is 0 Å². The molecule has 0 heterocycles. The molecule has 3 rings (SSSR count). The third-order valence-electron chi connectivity index (χ3n) is 6.59. The number of hydrogen-bond acceptors (Lipinski definition) is 4. The van der Waals surface area contributed by atoms with Crippen LogP contribution in [0.25, 0.3) is 5.57 Å². The Balaban J connectivity index is 1.98. The number of unbranched alkanes of at least 4 members (excludes halogenated alkanes) is 1. The summed E-state index contributed by atoms with van der Waals surface area (Å²) >= 11 is 0. The lowest BCUT2D eigenvalue weighted by Gasteiger charge is -2.33. The van der Waals surface area contributed by atoms with E-state index in [1.807, 2.05) is 20.8 Å². The maximum atomic E-state index is 15.1. The van der Waals surface area contributed by atoms with Crippen molar-refractivity contribution in [2.45, 2.75) is 59.8 Å². The van der Waals surface area contributed by atoms with E-state index in [2.05, 4.69) is 5.32 Å². The van der Waals surface area contributed by atoms with Crippen molar-refractivity contribution in [3.05, 3.63) is 46.8 Å². The standard InChI is InChI=1S/C27H37FN2O4/c1-17-21(14-27(25(29)33,15-22(17)28)19-8-9-19)20-10-7-18(24(32)30-16-26(2,3)4)13-23(20)34-12-6-5-11-31/h7,10,13,15,19,31H,5-6,8-9,11-12,14,16H2,1-4H3,(H2,29,33)(H,30,32). The second-order valence-electron chi connectivity index (χ2n) is 10.7. The topological polar surface area (TPSA) is 102 Å². The maximum Gasteiger partial charge on any atom is 0.251 e. The predicted molar refractivity (Wildman–Crippen MR) is 131 cm³/mol. The van der Waals surface area contributed by atoms with Crippen LogP contribution in [0.5, 0.6) is 5.75 Å². The van der Waals surface area contributed by atoms with Crippen LogP contribution in [0.15, 0.2) is 35.7 Å². The molecule has 2 amide bonds. The summed E-state index contributed by atoms with van der Waals surface area (Å²) in [5, 5.41) is 12.0. The van der Waals surface area contributed by atoms with Crippen molar-refractivity contribution < 1.29 is 23.8 Å². The molecule has 0 radical (unpaired) electrons. The number of nitrogens with one attached hydrogen (secondary N) is 1. The van der Waals surface area contributed by atoms with Crippen LogP contribution in [0.2, 0.25) is 0 Å². The first kappa shape index (κ1) is 25.9. The Kier molecular flexibility index (Phi) is 7.86. The Labute approximate surface area is 201 Å². The minimum absolute atomic E-state index is 0.0372. The Bertz CT molecular complexity index is 1000. The Hall–Kier alpha value is -2.67. The van der Waals surface area contributed by atoms with Gasteiger partial charge in [-0.2, -0.15) is 0 Å². The highest BCUT2D eigenvalue weighted by Crippen LogP contribution is 2.55. The highest BCUT2D eigenvalue weighted by molar-refractivity contribution is 5.96. The summed E-state index contributed by atoms with van der Waals surface area (Å²) in [6.45, 7) is 8.73. The van der Waals surface area contributed by atoms with E-state index in [0.717, 1.165) is 12.8 Å². The molecular formula is C27H37FN2O4. The van der Waals surface area contributed by atoms with Crippen molar-refractivity contribution in [2.24, 2.45) is 22.5 Å². The molecule has 1 saturated carbocycles. The third kappa shape index (κ3) is 5.87. The molecule has 0 aromatic heterocycles. The average molecular weight is 473 g/mol. The molecule has 1 atom stereocenters. The molecular weight excluding hydrogens is 435 g/mol. The monoisotopic (exact) mass is 472 g/mol. The van der Waals surface area contributed by atoms with Crippen LogP contribution in [0, 0.1) is 16.7 Å². The smallest absolute Gasteiger partial charge is 0.251 e. The summed E-state index contributed by atoms with van der Waals surface area (Å²) in [5.74, 6) is -0.676. The Morgan fingerprint density at radius 1 is 1.26 bits per heavy atom. The number of amides is 2. The number of allylic oxidation sites excluding steroid dienone is 3. The largest absolute Gasteiger partial charge is 0.493 e. The molecule has 0 saturated heterocycles. The number of rotatable bonds is 10. The molecule has 0 bridgehead atoms. The van der Waals surface area contributed by atoms with Gasteiger partial charge in [0.2, 0.25) is 5.91 Å². The minimum atomic E-state index is -1.05. The highest BCUT2D eigenvalue weighted by Gasteiger charge is 2.51. The lowest BCUT2D eigenvalue weighted by Crippen LogP contribution is -2.39. The van der Waals surface area contributed by atoms with Crippen molar-refractivity contribution >= 4 is 17.4 Å². The number of carbonyl (C=O) groups excluding carboxylic acids is 2. The number of benzene rings is 1. The lowest BCUT2D eigenvalue weighted by atomic mass is 9.70. The van der Waals surface area contributed by atoms with Gasteiger partial charge < -0.3 is 20.9 Å². The van der Waals surface area contributed by atoms with E-state index in [1.165, 1.54) is 6.08 Å². The van der Waals surface area contributed by atoms with Gasteiger partial charge in [0, 0.05) is 24.3 Å². The fourth-order valence-corrected chi connectivity index (χ4v) is 4.35. The number of carbonyl (C=O) groups is 2. The summed E-state index contributed by atoms with van der Waals surface area (Å²) in [6.07, 6.45) is 4.62. The van der Waals surface area contributed by atoms with Gasteiger partial charge in [-0.3, -0.25) is 9.59 Å². The van der Waals surface area contributed by atoms with Crippen molar-refractivity contribution in [1.82, 2.24) is 5.32 Å². The van der Waals surface area contributed by atoms with Crippen LogP contribution in [0.4, 0.5) is 4.39 Å². The van der Waals surface area contributed by atoms with E-state index < -0.39 is 17.1 Å². The van der Waals surface area contributed by atoms with Crippen molar-refractivity contribution in [1.29, 1.82) is 0 Å². The molecule has 7 heteroatoms. The van der Waals surface area contributed by atoms with Crippen molar-refractivity contribution in [2.75, 3.05) is 19.8 Å². The van der Waals surface area contributed by atoms with Crippen LogP contribution in [0.3, 0.4) is 0 Å². The van der Waals surface area contributed by atoms with Gasteiger partial charge in [0.15, 0.2) is 0 Å². The summed E-state index contributed by atoms with van der Waals surface area (Å²) < 4.78 is 21.2. The minimum Gasteiger partial charge on any atom is -0.493 e. The van der Waals surface area contributed by atoms with E-state index in [-0.39, 0.29) is 23.8 Å². The Morgan fingerprint density at radius 3 is 2.56 bits per heavy atom. The van der Waals surface area contributed by atoms with Crippen molar-refractivity contribution in [3.8, 4) is 5.75 Å². The van der Waals surface area contributed by atoms with Gasteiger partial charge in [0.05, 0.1) is 12.0 Å². The summed E-state index contributed by atoms with van der Waals surface area (Å²) in [7, 11) is 0. The quantitative estimate of drug-likeness (QED) is 0.436. The van der Waals surface area contributed by atoms with E-state index >= 15 is 4.39 Å². The number of hydrogen-bond donors (Lipinski definition) is 3. The Morgan fingerprint density at radius 2 is 1.97 bits per heavy atom. The fourth-order valence-electron chi connectivity index (χ4n) is 4.35. The first-order valence-electron chi connectivity index (χ1n) is 12.0. The number of aliphatic hydroxyl groups is 1. The van der Waals surface area contributed by atoms with E-state index in [0.29, 0.717) is 60.4 Å². The van der Waals surface area contributed by atoms with Gasteiger partial charge >= 0.3 is 0 Å². The summed E-state index contributed by atoms with van der Waals surface area (Å²) in [4.78, 5) is 25.3. The van der Waals surface area contributed by atoms with Gasteiger partial charge in [-0.05, 0) is 79.7 Å². The zero-order chi connectivity index (χ0) is 25.1. The summed E-state index contributed by atoms with van der Waals surface area (Å²) in [6, 6.07) is 5.14. The van der Waals surface area contributed by atoms with Crippen LogP contribution in [0.1, 0.15) is 75.7 Å². The number of halogens is 1. The van der Waals surface area contributed by atoms with Gasteiger partial charge in [-0.1, -0.05) is 26.8 Å². The van der Waals surface area contributed by atoms with Gasteiger partial charge in [-0.25, -0.2) is 4.39 Å². The molecule has 0 spiro atoms. The molecule has 1 unspecified atom stereocenters. The average Bonchev–Trinajstić information content (AvgIpc) is 3.62. The van der Waals surface area contributed by atoms with Gasteiger partial charge in [0.1, 0.15) is 11.6 Å². The normalized spacial score (nSPS) is 20.7. The number of ether oxygens (including phenoxy) is 1. The fraction of sp³-hybridized carbons (Fsp3) is 0.556. The molecule has 4 N–H and O–H groups in total. The first-order chi connectivity index (χ1) is 16.0. The molecule has 1 fully saturated rings. The first-order valence-corrected chi connectivity index (χ1v) is 12.0. The zero-order valence-corrected chi connectivity index (χ0v) is 20.7. The van der Waals surface area contributed by atoms with E-state index in [9.17, 15) is 9.59 Å². The number of nitrogens with two attached hydrogens (primary N) is 1. The third-order valence-corrected chi connectivity index (χ3v) is 6.59. The number of aliphatic hydroxyl groups excluding tert-OH is 1. The van der Waals surface area contributed by atoms with Crippen LogP contribution < -0.4 is 15.8 Å². The van der Waals surface area contributed by atoms with Gasteiger partial charge in [-0.15, -0.1) is 0 Å². The molecule has 6 nitrogen and oxygen atoms in total. The molecule has 2 aliphatic rings. The molecule has 1 aromatic rings. The van der Waals surface area contributed by atoms with E-state index in [4.69, 9.17) is 15.6 Å². The SMILES string of the molecule is CC1=C(c2ccc(C(=O)NCC(C)(C)C)cc2OCCCCO)CC(C(N)=O)(C2CC2)C=C1F. The highest BCUT2D eigenvalue weighted by atomic mass is 19.1. The predicted octanol–water partition coefficient (Wildman–Crippen LogP) is 4.53. The molecule has 0 aliphatic heterocycles. The van der Waals surface area contributed by atoms with E-state index in [1.54, 1.807) is 25.1 Å². The van der Waals surface area contributed by atoms with Gasteiger partial charge in [0.25, 0.3) is 5.91 Å². The summed E-state index contributed by atoms with van der Waals surface area (Å²) in [5.41, 5.74) is 6.90. The molecule has 34 heavy (non-hydrogen) atoms. The number of primary amides is 1. The second kappa shape index (κ2) is 10.3. The molecule has 1 aromatic carbocycles. The second-order valence-corrected chi connectivity index (χ2v) is 10.7. The van der Waals surface area contributed by atoms with Crippen LogP contribution in [-0.2, 0) is 4.79 Å².